The Kier molecular flexibility index (Phi) is 19.4. The maximum Gasteiger partial charge on any atom is 0.416 e. The topological polar surface area (TPSA) is 123 Å². The van der Waals surface area contributed by atoms with Crippen LogP contribution < -0.4 is 0 Å². The highest BCUT2D eigenvalue weighted by atomic mass is 19.4. The van der Waals surface area contributed by atoms with Crippen LogP contribution in [-0.4, -0.2) is 64.1 Å². The fourth-order valence-electron chi connectivity index (χ4n) is 9.54. The number of alkyl halides is 12. The molecule has 0 radical (unpaired) electrons. The van der Waals surface area contributed by atoms with E-state index in [1.54, 1.807) is 30.3 Å². The highest BCUT2D eigenvalue weighted by molar-refractivity contribution is 5.83. The first-order chi connectivity index (χ1) is 34.9. The molecule has 0 bridgehead atoms. The number of carbonyl (C=O) groups is 2. The minimum absolute atomic E-state index is 0.0480. The molecule has 1 aliphatic heterocycles. The fourth-order valence-corrected chi connectivity index (χ4v) is 9.54. The third-order valence-electron chi connectivity index (χ3n) is 13.3. The van der Waals surface area contributed by atoms with Crippen LogP contribution in [0, 0.1) is 15.5 Å². The second kappa shape index (κ2) is 24.3. The van der Waals surface area contributed by atoms with Gasteiger partial charge < -0.3 is 23.7 Å². The van der Waals surface area contributed by atoms with Gasteiger partial charge in [-0.1, -0.05) is 66.2 Å². The van der Waals surface area contributed by atoms with Gasteiger partial charge in [-0.15, -0.1) is 0 Å². The third-order valence-corrected chi connectivity index (χ3v) is 13.3. The molecule has 1 saturated heterocycles. The number of hydrogen-bond donors (Lipinski definition) is 0. The molecule has 22 heteroatoms. The van der Waals surface area contributed by atoms with Crippen LogP contribution in [0.3, 0.4) is 0 Å². The molecule has 4 aromatic rings. The Balaban J connectivity index is 0.000000254. The van der Waals surface area contributed by atoms with Gasteiger partial charge in [0.1, 0.15) is 0 Å². The molecule has 2 saturated carbocycles. The molecular weight excluding hydrogens is 1020 g/mol. The zero-order valence-electron chi connectivity index (χ0n) is 41.1. The third kappa shape index (κ3) is 16.3. The van der Waals surface area contributed by atoms with E-state index in [9.17, 15) is 72.4 Å². The first-order valence-corrected chi connectivity index (χ1v) is 23.4. The summed E-state index contributed by atoms with van der Waals surface area (Å²) in [6.07, 6.45) is -17.1. The number of allylic oxidation sites excluding steroid dienone is 1. The van der Waals surface area contributed by atoms with Crippen molar-refractivity contribution in [3.63, 3.8) is 0 Å². The van der Waals surface area contributed by atoms with E-state index in [2.05, 4.69) is 4.74 Å². The van der Waals surface area contributed by atoms with Crippen LogP contribution in [-0.2, 0) is 68.8 Å². The first kappa shape index (κ1) is 59.9. The van der Waals surface area contributed by atoms with Gasteiger partial charge in [-0.05, 0) is 111 Å². The molecule has 4 aromatic carbocycles. The van der Waals surface area contributed by atoms with Crippen LogP contribution in [0.15, 0.2) is 109 Å². The van der Waals surface area contributed by atoms with Crippen LogP contribution in [0.5, 0.6) is 0 Å². The summed E-state index contributed by atoms with van der Waals surface area (Å²) >= 11 is 0. The SMILES string of the molecule is C1CCOC1.COC(=O)C=C1CC(CO[C@H](C)c2cc(C(F)(F)F)cc(C(F)(F)F)c2)(c2ccccc2)C1.COC(=O)CC1(C[N+](=O)[O-])CC(CO[C@H](C)c2cc(C(F)(F)F)cc(C(F)(F)F)c2)(c2ccccc2)C1. The molecule has 0 spiro atoms. The number of rotatable bonds is 15. The van der Waals surface area contributed by atoms with Gasteiger partial charge in [-0.2, -0.15) is 52.7 Å². The zero-order chi connectivity index (χ0) is 55.6. The minimum atomic E-state index is -5.00. The van der Waals surface area contributed by atoms with Crippen molar-refractivity contribution >= 4 is 11.9 Å². The number of hydrogen-bond acceptors (Lipinski definition) is 9. The quantitative estimate of drug-likeness (QED) is 0.0376. The van der Waals surface area contributed by atoms with E-state index in [0.717, 1.165) is 29.9 Å². The summed E-state index contributed by atoms with van der Waals surface area (Å²) in [5, 5.41) is 11.3. The molecule has 0 unspecified atom stereocenters. The number of methoxy groups -OCH3 is 2. The van der Waals surface area contributed by atoms with E-state index in [1.165, 1.54) is 47.0 Å². The van der Waals surface area contributed by atoms with Crippen LogP contribution in [0.1, 0.15) is 116 Å². The van der Waals surface area contributed by atoms with Crippen molar-refractivity contribution in [3.8, 4) is 0 Å². The molecule has 0 amide bonds. The van der Waals surface area contributed by atoms with E-state index in [4.69, 9.17) is 18.9 Å². The van der Waals surface area contributed by atoms with Gasteiger partial charge in [0.25, 0.3) is 0 Å². The maximum absolute atomic E-state index is 13.3. The number of benzene rings is 4. The molecule has 1 heterocycles. The smallest absolute Gasteiger partial charge is 0.416 e. The monoisotopic (exact) mass is 1080 g/mol. The molecule has 10 nitrogen and oxygen atoms in total. The van der Waals surface area contributed by atoms with Crippen molar-refractivity contribution in [1.29, 1.82) is 0 Å². The van der Waals surface area contributed by atoms with E-state index in [-0.39, 0.29) is 55.7 Å². The number of ether oxygens (including phenoxy) is 5. The normalized spacial score (nSPS) is 21.4. The van der Waals surface area contributed by atoms with Crippen molar-refractivity contribution in [2.75, 3.05) is 47.2 Å². The molecule has 0 aromatic heterocycles. The van der Waals surface area contributed by atoms with E-state index >= 15 is 0 Å². The highest BCUT2D eigenvalue weighted by Gasteiger charge is 2.59. The Morgan fingerprint density at radius 1 is 0.627 bits per heavy atom. The average molecular weight is 1080 g/mol. The van der Waals surface area contributed by atoms with Gasteiger partial charge in [0, 0.05) is 40.5 Å². The maximum atomic E-state index is 13.3. The van der Waals surface area contributed by atoms with Gasteiger partial charge in [-0.3, -0.25) is 14.9 Å². The summed E-state index contributed by atoms with van der Waals surface area (Å²) in [5.74, 6) is -1.12. The van der Waals surface area contributed by atoms with Crippen LogP contribution in [0.25, 0.3) is 0 Å². The number of nitrogens with zero attached hydrogens (tertiary/aromatic N) is 1. The van der Waals surface area contributed by atoms with Gasteiger partial charge in [-0.25, -0.2) is 4.79 Å². The van der Waals surface area contributed by atoms with Crippen molar-refractivity contribution in [2.45, 2.75) is 107 Å². The Morgan fingerprint density at radius 3 is 1.35 bits per heavy atom. The Bertz CT molecular complexity index is 2510. The number of carbonyl (C=O) groups excluding carboxylic acids is 2. The lowest BCUT2D eigenvalue weighted by Gasteiger charge is -2.54. The second-order valence-corrected chi connectivity index (χ2v) is 19.0. The lowest BCUT2D eigenvalue weighted by atomic mass is 9.49. The summed E-state index contributed by atoms with van der Waals surface area (Å²) in [6, 6.07) is 20.7. The summed E-state index contributed by atoms with van der Waals surface area (Å²) in [6.45, 7) is 4.16. The average Bonchev–Trinajstić information content (AvgIpc) is 3.93. The number of esters is 2. The highest BCUT2D eigenvalue weighted by Crippen LogP contribution is 2.58. The molecule has 410 valence electrons. The molecule has 2 aliphatic carbocycles. The van der Waals surface area contributed by atoms with Gasteiger partial charge >= 0.3 is 36.6 Å². The lowest BCUT2D eigenvalue weighted by Crippen LogP contribution is -2.56. The van der Waals surface area contributed by atoms with Crippen LogP contribution in [0.2, 0.25) is 0 Å². The summed E-state index contributed by atoms with van der Waals surface area (Å²) in [4.78, 5) is 34.3. The predicted molar refractivity (Wildman–Crippen MR) is 247 cm³/mol. The molecule has 3 aliphatic rings. The molecule has 75 heavy (non-hydrogen) atoms. The molecule has 0 N–H and O–H groups in total. The molecule has 2 atom stereocenters. The number of halogens is 12. The standard InChI is InChI=1S/C25H25F6NO5.C24H22F6O3.C4H8O/c1-16(17-8-19(24(26,27)28)10-20(9-17)25(29,30)31)37-15-23(18-6-4-3-5-7-18)12-22(13-23,14-32(34)35)11-21(33)36-2;1-15(17-9-19(23(25,26)27)11-20(10-17)24(28,29)30)33-14-22(18-6-4-3-5-7-18)12-16(13-22)8-21(31)32-2;1-2-4-5-3-1/h3-10,16H,11-15H2,1-2H3;3-11,15H,12-14H2,1-2H3;1-4H2/t16-,22?,23?;15-,22?;/m11./s1. The van der Waals surface area contributed by atoms with Gasteiger partial charge in [0.05, 0.1) is 68.3 Å². The summed E-state index contributed by atoms with van der Waals surface area (Å²) in [5.41, 5.74) is -6.16. The lowest BCUT2D eigenvalue weighted by molar-refractivity contribution is -0.504. The fraction of sp³-hybridized carbons (Fsp3) is 0.472. The van der Waals surface area contributed by atoms with Crippen LogP contribution >= 0.6 is 0 Å². The van der Waals surface area contributed by atoms with Crippen LogP contribution in [0.4, 0.5) is 52.7 Å². The van der Waals surface area contributed by atoms with E-state index < -0.39 is 98.8 Å². The number of nitro groups is 1. The summed E-state index contributed by atoms with van der Waals surface area (Å²) < 4.78 is 185. The zero-order valence-corrected chi connectivity index (χ0v) is 41.1. The molecular formula is C53H55F12NO9. The second-order valence-electron chi connectivity index (χ2n) is 19.0. The first-order valence-electron chi connectivity index (χ1n) is 23.4. The van der Waals surface area contributed by atoms with E-state index in [0.29, 0.717) is 37.1 Å². The Morgan fingerprint density at radius 2 is 1.01 bits per heavy atom. The molecule has 7 rings (SSSR count). The van der Waals surface area contributed by atoms with Crippen molar-refractivity contribution in [1.82, 2.24) is 0 Å². The van der Waals surface area contributed by atoms with Crippen molar-refractivity contribution < 1.29 is 90.9 Å². The minimum Gasteiger partial charge on any atom is -0.469 e. The summed E-state index contributed by atoms with van der Waals surface area (Å²) in [7, 11) is 2.43. The van der Waals surface area contributed by atoms with Gasteiger partial charge in [0.15, 0.2) is 0 Å². The van der Waals surface area contributed by atoms with Crippen molar-refractivity contribution in [3.05, 3.63) is 163 Å². The van der Waals surface area contributed by atoms with E-state index in [1.807, 2.05) is 30.3 Å². The largest absolute Gasteiger partial charge is 0.469 e. The predicted octanol–water partition coefficient (Wildman–Crippen LogP) is 13.8. The Hall–Kier alpha value is -6.00. The Labute approximate surface area is 424 Å². The molecule has 3 fully saturated rings. The van der Waals surface area contributed by atoms with Crippen molar-refractivity contribution in [2.24, 2.45) is 5.41 Å². The van der Waals surface area contributed by atoms with Gasteiger partial charge in [0.2, 0.25) is 6.54 Å².